The number of hydrogen-bond acceptors (Lipinski definition) is 4. The van der Waals surface area contributed by atoms with E-state index in [0.717, 1.165) is 11.4 Å². The summed E-state index contributed by atoms with van der Waals surface area (Å²) in [6.45, 7) is 2.46. The zero-order valence-corrected chi connectivity index (χ0v) is 13.4. The molecule has 0 spiro atoms. The van der Waals surface area contributed by atoms with Crippen molar-refractivity contribution in [3.8, 4) is 0 Å². The minimum absolute atomic E-state index is 0. The fraction of sp³-hybridized carbons (Fsp3) is 0.667. The van der Waals surface area contributed by atoms with Gasteiger partial charge in [-0.25, -0.2) is 4.98 Å². The molecule has 0 aliphatic heterocycles. The Hall–Kier alpha value is -0.360. The van der Waals surface area contributed by atoms with Crippen molar-refractivity contribution < 1.29 is 4.79 Å². The number of amides is 1. The van der Waals surface area contributed by atoms with Gasteiger partial charge in [0.2, 0.25) is 5.91 Å². The zero-order chi connectivity index (χ0) is 12.3. The molecule has 0 saturated heterocycles. The Morgan fingerprint density at radius 2 is 2.26 bits per heavy atom. The summed E-state index contributed by atoms with van der Waals surface area (Å²) in [6.07, 6.45) is 3.77. The van der Waals surface area contributed by atoms with Gasteiger partial charge in [-0.1, -0.05) is 0 Å². The number of halogens is 2. The van der Waals surface area contributed by atoms with Crippen LogP contribution < -0.4 is 11.1 Å². The molecule has 0 bridgehead atoms. The maximum Gasteiger partial charge on any atom is 0.220 e. The van der Waals surface area contributed by atoms with E-state index in [-0.39, 0.29) is 36.8 Å². The molecule has 1 saturated carbocycles. The summed E-state index contributed by atoms with van der Waals surface area (Å²) in [4.78, 5) is 16.0. The van der Waals surface area contributed by atoms with Crippen molar-refractivity contribution >= 4 is 42.1 Å². The maximum atomic E-state index is 11.5. The fourth-order valence-electron chi connectivity index (χ4n) is 1.59. The lowest BCUT2D eigenvalue weighted by Gasteiger charge is -2.05. The SMILES string of the molecule is CC(N)CCC(=O)NCc1nc(C2CC2)cs1.Cl.Cl. The van der Waals surface area contributed by atoms with E-state index in [9.17, 15) is 4.79 Å². The lowest BCUT2D eigenvalue weighted by atomic mass is 10.2. The molecule has 1 aliphatic carbocycles. The number of nitrogens with zero attached hydrogens (tertiary/aromatic N) is 1. The van der Waals surface area contributed by atoms with Crippen molar-refractivity contribution in [3.63, 3.8) is 0 Å². The molecule has 1 aliphatic rings. The molecule has 110 valence electrons. The third kappa shape index (κ3) is 6.56. The Morgan fingerprint density at radius 3 is 2.84 bits per heavy atom. The molecule has 3 N–H and O–H groups in total. The second-order valence-electron chi connectivity index (χ2n) is 4.73. The first kappa shape index (κ1) is 18.6. The third-order valence-corrected chi connectivity index (χ3v) is 3.70. The lowest BCUT2D eigenvalue weighted by Crippen LogP contribution is -2.25. The van der Waals surface area contributed by atoms with E-state index in [1.54, 1.807) is 11.3 Å². The number of hydrogen-bond donors (Lipinski definition) is 2. The topological polar surface area (TPSA) is 68.0 Å². The molecule has 4 nitrogen and oxygen atoms in total. The summed E-state index contributed by atoms with van der Waals surface area (Å²) in [5, 5.41) is 5.99. The predicted octanol–water partition coefficient (Wildman–Crippen LogP) is 2.61. The summed E-state index contributed by atoms with van der Waals surface area (Å²) in [7, 11) is 0. The monoisotopic (exact) mass is 325 g/mol. The van der Waals surface area contributed by atoms with Crippen molar-refractivity contribution in [2.75, 3.05) is 0 Å². The minimum Gasteiger partial charge on any atom is -0.350 e. The van der Waals surface area contributed by atoms with Gasteiger partial charge in [0, 0.05) is 23.8 Å². The molecule has 1 atom stereocenters. The highest BCUT2D eigenvalue weighted by Crippen LogP contribution is 2.40. The molecule has 1 fully saturated rings. The summed E-state index contributed by atoms with van der Waals surface area (Å²) in [6, 6.07) is 0.0853. The predicted molar refractivity (Wildman–Crippen MR) is 83.3 cm³/mol. The Morgan fingerprint density at radius 1 is 1.58 bits per heavy atom. The molecule has 1 heterocycles. The first-order valence-electron chi connectivity index (χ1n) is 6.11. The van der Waals surface area contributed by atoms with Crippen molar-refractivity contribution in [3.05, 3.63) is 16.1 Å². The molecular weight excluding hydrogens is 305 g/mol. The van der Waals surface area contributed by atoms with Crippen LogP contribution in [0.1, 0.15) is 49.2 Å². The normalized spacial score (nSPS) is 15.1. The summed E-state index contributed by atoms with van der Waals surface area (Å²) in [5.41, 5.74) is 6.80. The molecule has 1 aromatic rings. The van der Waals surface area contributed by atoms with E-state index in [1.165, 1.54) is 18.5 Å². The van der Waals surface area contributed by atoms with E-state index in [4.69, 9.17) is 5.73 Å². The fourth-order valence-corrected chi connectivity index (χ4v) is 2.41. The highest BCUT2D eigenvalue weighted by molar-refractivity contribution is 7.09. The Bertz CT molecular complexity index is 394. The van der Waals surface area contributed by atoms with Gasteiger partial charge < -0.3 is 11.1 Å². The van der Waals surface area contributed by atoms with Gasteiger partial charge in [0.15, 0.2) is 0 Å². The van der Waals surface area contributed by atoms with Crippen LogP contribution in [0.15, 0.2) is 5.38 Å². The summed E-state index contributed by atoms with van der Waals surface area (Å²) < 4.78 is 0. The second kappa shape index (κ2) is 8.74. The van der Waals surface area contributed by atoms with Crippen LogP contribution in [0.2, 0.25) is 0 Å². The molecule has 1 unspecified atom stereocenters. The number of aromatic nitrogens is 1. The summed E-state index contributed by atoms with van der Waals surface area (Å²) >= 11 is 1.63. The van der Waals surface area contributed by atoms with Gasteiger partial charge >= 0.3 is 0 Å². The third-order valence-electron chi connectivity index (χ3n) is 2.83. The Kier molecular flexibility index (Phi) is 8.57. The Labute approximate surface area is 130 Å². The maximum absolute atomic E-state index is 11.5. The van der Waals surface area contributed by atoms with Crippen LogP contribution in [0.5, 0.6) is 0 Å². The average molecular weight is 326 g/mol. The van der Waals surface area contributed by atoms with Crippen LogP contribution in [0, 0.1) is 0 Å². The van der Waals surface area contributed by atoms with Crippen molar-refractivity contribution in [1.29, 1.82) is 0 Å². The van der Waals surface area contributed by atoms with Gasteiger partial charge in [-0.2, -0.15) is 0 Å². The van der Waals surface area contributed by atoms with Crippen LogP contribution in [-0.4, -0.2) is 16.9 Å². The highest BCUT2D eigenvalue weighted by Gasteiger charge is 2.25. The van der Waals surface area contributed by atoms with Crippen molar-refractivity contribution in [2.24, 2.45) is 5.73 Å². The zero-order valence-electron chi connectivity index (χ0n) is 10.9. The van der Waals surface area contributed by atoms with E-state index < -0.39 is 0 Å². The van der Waals surface area contributed by atoms with Gasteiger partial charge in [0.25, 0.3) is 0 Å². The van der Waals surface area contributed by atoms with Crippen LogP contribution in [0.3, 0.4) is 0 Å². The Balaban J connectivity index is 0.00000162. The lowest BCUT2D eigenvalue weighted by molar-refractivity contribution is -0.121. The molecule has 1 aromatic heterocycles. The van der Waals surface area contributed by atoms with Crippen molar-refractivity contribution in [2.45, 2.75) is 51.1 Å². The van der Waals surface area contributed by atoms with E-state index in [2.05, 4.69) is 15.7 Å². The van der Waals surface area contributed by atoms with Gasteiger partial charge in [0.05, 0.1) is 12.2 Å². The number of nitrogens with one attached hydrogen (secondary N) is 1. The van der Waals surface area contributed by atoms with Crippen LogP contribution in [0.4, 0.5) is 0 Å². The molecule has 0 radical (unpaired) electrons. The van der Waals surface area contributed by atoms with Crippen LogP contribution >= 0.6 is 36.2 Å². The van der Waals surface area contributed by atoms with E-state index in [1.807, 2.05) is 6.92 Å². The van der Waals surface area contributed by atoms with E-state index in [0.29, 0.717) is 18.9 Å². The quantitative estimate of drug-likeness (QED) is 0.844. The number of carbonyl (C=O) groups is 1. The number of carbonyl (C=O) groups excluding carboxylic acids is 1. The van der Waals surface area contributed by atoms with Gasteiger partial charge in [-0.15, -0.1) is 36.2 Å². The first-order chi connectivity index (χ1) is 8.15. The van der Waals surface area contributed by atoms with Crippen LogP contribution in [-0.2, 0) is 11.3 Å². The van der Waals surface area contributed by atoms with Gasteiger partial charge in [0.1, 0.15) is 5.01 Å². The number of rotatable bonds is 6. The largest absolute Gasteiger partial charge is 0.350 e. The molecule has 0 aromatic carbocycles. The molecular formula is C12H21Cl2N3OS. The standard InChI is InChI=1S/C12H19N3OS.2ClH/c1-8(13)2-5-11(16)14-6-12-15-10(7-17-12)9-3-4-9;;/h7-9H,2-6,13H2,1H3,(H,14,16);2*1H. The van der Waals surface area contributed by atoms with E-state index >= 15 is 0 Å². The minimum atomic E-state index is 0. The first-order valence-corrected chi connectivity index (χ1v) is 6.99. The molecule has 7 heteroatoms. The molecule has 19 heavy (non-hydrogen) atoms. The average Bonchev–Trinajstić information content (AvgIpc) is 3.04. The molecule has 1 amide bonds. The number of nitrogens with two attached hydrogens (primary N) is 1. The van der Waals surface area contributed by atoms with Crippen molar-refractivity contribution in [1.82, 2.24) is 10.3 Å². The van der Waals surface area contributed by atoms with Crippen LogP contribution in [0.25, 0.3) is 0 Å². The smallest absolute Gasteiger partial charge is 0.220 e. The van der Waals surface area contributed by atoms with Gasteiger partial charge in [-0.05, 0) is 26.2 Å². The molecule has 2 rings (SSSR count). The van der Waals surface area contributed by atoms with Gasteiger partial charge in [-0.3, -0.25) is 4.79 Å². The summed E-state index contributed by atoms with van der Waals surface area (Å²) in [5.74, 6) is 0.749. The second-order valence-corrected chi connectivity index (χ2v) is 5.68. The number of thiazole rings is 1. The highest BCUT2D eigenvalue weighted by atomic mass is 35.5.